The van der Waals surface area contributed by atoms with E-state index in [-0.39, 0.29) is 5.91 Å². The lowest BCUT2D eigenvalue weighted by Gasteiger charge is -2.08. The van der Waals surface area contributed by atoms with Gasteiger partial charge in [0.2, 0.25) is 5.91 Å². The molecular weight excluding hydrogens is 428 g/mol. The van der Waals surface area contributed by atoms with Crippen LogP contribution in [0.25, 0.3) is 10.7 Å². The molecule has 0 aliphatic carbocycles. The van der Waals surface area contributed by atoms with E-state index < -0.39 is 0 Å². The number of thioether (sulfide) groups is 1. The SMILES string of the molecule is Cn1c(SCC(=O)NCc2ccc(COc3ccccc3)cc2)nnc1-c1cccs1. The first-order chi connectivity index (χ1) is 15.2. The highest BCUT2D eigenvalue weighted by atomic mass is 32.2. The minimum absolute atomic E-state index is 0.0397. The van der Waals surface area contributed by atoms with E-state index in [1.165, 1.54) is 11.8 Å². The highest BCUT2D eigenvalue weighted by Crippen LogP contribution is 2.25. The Labute approximate surface area is 189 Å². The average Bonchev–Trinajstić information content (AvgIpc) is 3.46. The van der Waals surface area contributed by atoms with Gasteiger partial charge >= 0.3 is 0 Å². The van der Waals surface area contributed by atoms with E-state index in [9.17, 15) is 4.79 Å². The van der Waals surface area contributed by atoms with Crippen molar-refractivity contribution in [1.82, 2.24) is 20.1 Å². The smallest absolute Gasteiger partial charge is 0.230 e. The van der Waals surface area contributed by atoms with E-state index >= 15 is 0 Å². The predicted octanol–water partition coefficient (Wildman–Crippen LogP) is 4.53. The highest BCUT2D eigenvalue weighted by Gasteiger charge is 2.13. The van der Waals surface area contributed by atoms with E-state index in [1.807, 2.05) is 83.7 Å². The van der Waals surface area contributed by atoms with Crippen molar-refractivity contribution in [2.24, 2.45) is 7.05 Å². The molecule has 8 heteroatoms. The Morgan fingerprint density at radius 1 is 1.03 bits per heavy atom. The van der Waals surface area contributed by atoms with Crippen LogP contribution in [0, 0.1) is 0 Å². The van der Waals surface area contributed by atoms with Crippen molar-refractivity contribution in [3.8, 4) is 16.5 Å². The van der Waals surface area contributed by atoms with Crippen LogP contribution in [0.5, 0.6) is 5.75 Å². The fourth-order valence-electron chi connectivity index (χ4n) is 2.88. The van der Waals surface area contributed by atoms with Crippen molar-refractivity contribution in [2.75, 3.05) is 5.75 Å². The summed E-state index contributed by atoms with van der Waals surface area (Å²) in [5.74, 6) is 1.91. The molecule has 0 bridgehead atoms. The Morgan fingerprint density at radius 3 is 2.55 bits per heavy atom. The van der Waals surface area contributed by atoms with Gasteiger partial charge in [0.15, 0.2) is 11.0 Å². The van der Waals surface area contributed by atoms with Gasteiger partial charge in [-0.15, -0.1) is 21.5 Å². The van der Waals surface area contributed by atoms with Crippen molar-refractivity contribution in [2.45, 2.75) is 18.3 Å². The maximum absolute atomic E-state index is 12.3. The highest BCUT2D eigenvalue weighted by molar-refractivity contribution is 7.99. The molecule has 0 spiro atoms. The summed E-state index contributed by atoms with van der Waals surface area (Å²) in [5, 5.41) is 14.1. The van der Waals surface area contributed by atoms with Crippen LogP contribution in [0.4, 0.5) is 0 Å². The van der Waals surface area contributed by atoms with Crippen molar-refractivity contribution in [3.05, 3.63) is 83.2 Å². The number of para-hydroxylation sites is 1. The third kappa shape index (κ3) is 5.74. The summed E-state index contributed by atoms with van der Waals surface area (Å²) >= 11 is 3.00. The zero-order chi connectivity index (χ0) is 21.5. The number of carbonyl (C=O) groups is 1. The third-order valence-corrected chi connectivity index (χ3v) is 6.46. The molecule has 0 saturated carbocycles. The Hall–Kier alpha value is -3.10. The summed E-state index contributed by atoms with van der Waals surface area (Å²) in [7, 11) is 1.92. The van der Waals surface area contributed by atoms with Gasteiger partial charge in [-0.05, 0) is 34.7 Å². The first-order valence-electron chi connectivity index (χ1n) is 9.77. The van der Waals surface area contributed by atoms with Crippen LogP contribution in [0.3, 0.4) is 0 Å². The van der Waals surface area contributed by atoms with Crippen LogP contribution >= 0.6 is 23.1 Å². The van der Waals surface area contributed by atoms with Crippen molar-refractivity contribution >= 4 is 29.0 Å². The molecule has 2 aromatic heterocycles. The van der Waals surface area contributed by atoms with Crippen molar-refractivity contribution in [1.29, 1.82) is 0 Å². The monoisotopic (exact) mass is 450 g/mol. The van der Waals surface area contributed by atoms with Gasteiger partial charge in [-0.1, -0.05) is 60.3 Å². The van der Waals surface area contributed by atoms with Gasteiger partial charge in [-0.2, -0.15) is 0 Å². The van der Waals surface area contributed by atoms with Gasteiger partial charge < -0.3 is 14.6 Å². The van der Waals surface area contributed by atoms with E-state index in [0.717, 1.165) is 32.7 Å². The molecule has 0 fully saturated rings. The lowest BCUT2D eigenvalue weighted by molar-refractivity contribution is -0.118. The number of nitrogens with one attached hydrogen (secondary N) is 1. The number of hydrogen-bond acceptors (Lipinski definition) is 6. The first-order valence-corrected chi connectivity index (χ1v) is 11.6. The van der Waals surface area contributed by atoms with Gasteiger partial charge in [-0.25, -0.2) is 0 Å². The lowest BCUT2D eigenvalue weighted by Crippen LogP contribution is -2.24. The maximum Gasteiger partial charge on any atom is 0.230 e. The molecule has 31 heavy (non-hydrogen) atoms. The topological polar surface area (TPSA) is 69.0 Å². The molecule has 0 saturated heterocycles. The van der Waals surface area contributed by atoms with Gasteiger partial charge in [-0.3, -0.25) is 4.79 Å². The second-order valence-electron chi connectivity index (χ2n) is 6.83. The number of aromatic nitrogens is 3. The molecule has 6 nitrogen and oxygen atoms in total. The Balaban J connectivity index is 1.22. The predicted molar refractivity (Wildman–Crippen MR) is 124 cm³/mol. The zero-order valence-electron chi connectivity index (χ0n) is 17.0. The quantitative estimate of drug-likeness (QED) is 0.380. The van der Waals surface area contributed by atoms with E-state index in [2.05, 4.69) is 15.5 Å². The minimum atomic E-state index is -0.0397. The van der Waals surface area contributed by atoms with E-state index in [4.69, 9.17) is 4.74 Å². The van der Waals surface area contributed by atoms with Gasteiger partial charge in [0.1, 0.15) is 12.4 Å². The van der Waals surface area contributed by atoms with Crippen molar-refractivity contribution in [3.63, 3.8) is 0 Å². The average molecular weight is 451 g/mol. The number of hydrogen-bond donors (Lipinski definition) is 1. The molecule has 2 aromatic carbocycles. The molecule has 0 aliphatic heterocycles. The summed E-state index contributed by atoms with van der Waals surface area (Å²) < 4.78 is 7.67. The van der Waals surface area contributed by atoms with Gasteiger partial charge in [0.05, 0.1) is 10.6 Å². The number of amides is 1. The summed E-state index contributed by atoms with van der Waals surface area (Å²) in [6.45, 7) is 0.997. The molecule has 1 N–H and O–H groups in total. The Bertz CT molecular complexity index is 1110. The molecule has 0 radical (unpaired) electrons. The lowest BCUT2D eigenvalue weighted by atomic mass is 10.1. The molecule has 0 unspecified atom stereocenters. The van der Waals surface area contributed by atoms with Crippen LogP contribution in [-0.4, -0.2) is 26.4 Å². The van der Waals surface area contributed by atoms with Crippen LogP contribution in [-0.2, 0) is 25.0 Å². The molecular formula is C23H22N4O2S2. The number of nitrogens with zero attached hydrogens (tertiary/aromatic N) is 3. The zero-order valence-corrected chi connectivity index (χ0v) is 18.7. The van der Waals surface area contributed by atoms with Crippen molar-refractivity contribution < 1.29 is 9.53 Å². The molecule has 1 amide bonds. The molecule has 4 rings (SSSR count). The second kappa shape index (κ2) is 10.3. The summed E-state index contributed by atoms with van der Waals surface area (Å²) in [5.41, 5.74) is 2.12. The maximum atomic E-state index is 12.3. The number of benzene rings is 2. The van der Waals surface area contributed by atoms with E-state index in [1.54, 1.807) is 11.3 Å². The number of carbonyl (C=O) groups excluding carboxylic acids is 1. The first kappa shape index (κ1) is 21.1. The Kier molecular flexibility index (Phi) is 7.01. The van der Waals surface area contributed by atoms with E-state index in [0.29, 0.717) is 18.9 Å². The third-order valence-electron chi connectivity index (χ3n) is 4.57. The van der Waals surface area contributed by atoms with Gasteiger partial charge in [0.25, 0.3) is 0 Å². The largest absolute Gasteiger partial charge is 0.489 e. The van der Waals surface area contributed by atoms with Gasteiger partial charge in [0, 0.05) is 13.6 Å². The fourth-order valence-corrected chi connectivity index (χ4v) is 4.36. The fraction of sp³-hybridized carbons (Fsp3) is 0.174. The molecule has 158 valence electrons. The molecule has 2 heterocycles. The summed E-state index contributed by atoms with van der Waals surface area (Å²) in [6, 6.07) is 21.8. The number of rotatable bonds is 9. The molecule has 4 aromatic rings. The van der Waals surface area contributed by atoms with Crippen LogP contribution < -0.4 is 10.1 Å². The standard InChI is InChI=1S/C23H22N4O2S2/c1-27-22(20-8-5-13-30-20)25-26-23(27)31-16-21(28)24-14-17-9-11-18(12-10-17)15-29-19-6-3-2-4-7-19/h2-13H,14-16H2,1H3,(H,24,28). The number of thiophene rings is 1. The summed E-state index contributed by atoms with van der Waals surface area (Å²) in [6.07, 6.45) is 0. The molecule has 0 aliphatic rings. The number of ether oxygens (including phenoxy) is 1. The normalized spacial score (nSPS) is 10.7. The summed E-state index contributed by atoms with van der Waals surface area (Å²) in [4.78, 5) is 13.3. The minimum Gasteiger partial charge on any atom is -0.489 e. The second-order valence-corrected chi connectivity index (χ2v) is 8.72. The Morgan fingerprint density at radius 2 is 1.81 bits per heavy atom. The van der Waals surface area contributed by atoms with Crippen LogP contribution in [0.1, 0.15) is 11.1 Å². The molecule has 0 atom stereocenters. The van der Waals surface area contributed by atoms with Crippen LogP contribution in [0.2, 0.25) is 0 Å². The van der Waals surface area contributed by atoms with Crippen LogP contribution in [0.15, 0.2) is 77.3 Å².